The normalized spacial score (nSPS) is 25.4. The standard InChI is InChI=1S/C14H26N2O/c1-6-10-16(13(2,3)4)12(17)14(5)8-7-9-15-11-14/h6,15H,1,7-11H2,2-5H3. The summed E-state index contributed by atoms with van der Waals surface area (Å²) in [6.45, 7) is 14.5. The third-order valence-electron chi connectivity index (χ3n) is 3.48. The number of carbonyl (C=O) groups excluding carboxylic acids is 1. The third-order valence-corrected chi connectivity index (χ3v) is 3.48. The van der Waals surface area contributed by atoms with E-state index in [4.69, 9.17) is 0 Å². The molecule has 1 saturated heterocycles. The molecule has 17 heavy (non-hydrogen) atoms. The molecule has 0 bridgehead atoms. The van der Waals surface area contributed by atoms with Crippen LogP contribution in [0.5, 0.6) is 0 Å². The SMILES string of the molecule is C=CCN(C(=O)C1(C)CCCNC1)C(C)(C)C. The summed E-state index contributed by atoms with van der Waals surface area (Å²) in [6, 6.07) is 0. The van der Waals surface area contributed by atoms with Crippen molar-refractivity contribution < 1.29 is 4.79 Å². The number of hydrogen-bond donors (Lipinski definition) is 1. The van der Waals surface area contributed by atoms with E-state index in [-0.39, 0.29) is 16.9 Å². The lowest BCUT2D eigenvalue weighted by Crippen LogP contribution is -2.55. The molecule has 1 N–H and O–H groups in total. The first-order valence-electron chi connectivity index (χ1n) is 6.45. The minimum absolute atomic E-state index is 0.147. The first kappa shape index (κ1) is 14.2. The van der Waals surface area contributed by atoms with Crippen molar-refractivity contribution in [3.05, 3.63) is 12.7 Å². The van der Waals surface area contributed by atoms with Crippen molar-refractivity contribution in [2.24, 2.45) is 5.41 Å². The molecule has 1 atom stereocenters. The molecule has 0 aromatic rings. The van der Waals surface area contributed by atoms with Gasteiger partial charge in [0.25, 0.3) is 0 Å². The van der Waals surface area contributed by atoms with Gasteiger partial charge in [0.1, 0.15) is 0 Å². The van der Waals surface area contributed by atoms with Crippen LogP contribution in [0.2, 0.25) is 0 Å². The Morgan fingerprint density at radius 3 is 2.59 bits per heavy atom. The van der Waals surface area contributed by atoms with Crippen LogP contribution in [0.3, 0.4) is 0 Å². The number of hydrogen-bond acceptors (Lipinski definition) is 2. The van der Waals surface area contributed by atoms with Gasteiger partial charge in [-0.15, -0.1) is 6.58 Å². The van der Waals surface area contributed by atoms with Crippen molar-refractivity contribution in [1.29, 1.82) is 0 Å². The number of nitrogens with zero attached hydrogens (tertiary/aromatic N) is 1. The fraction of sp³-hybridized carbons (Fsp3) is 0.786. The minimum atomic E-state index is -0.255. The summed E-state index contributed by atoms with van der Waals surface area (Å²) in [5.41, 5.74) is -0.403. The molecule has 1 unspecified atom stereocenters. The van der Waals surface area contributed by atoms with E-state index in [0.717, 1.165) is 25.9 Å². The third kappa shape index (κ3) is 3.32. The maximum Gasteiger partial charge on any atom is 0.230 e. The molecule has 1 fully saturated rings. The van der Waals surface area contributed by atoms with Crippen LogP contribution in [0.1, 0.15) is 40.5 Å². The monoisotopic (exact) mass is 238 g/mol. The minimum Gasteiger partial charge on any atom is -0.334 e. The zero-order chi connectivity index (χ0) is 13.1. The first-order valence-corrected chi connectivity index (χ1v) is 6.45. The van der Waals surface area contributed by atoms with Crippen molar-refractivity contribution in [3.8, 4) is 0 Å². The van der Waals surface area contributed by atoms with Crippen molar-refractivity contribution in [1.82, 2.24) is 10.2 Å². The smallest absolute Gasteiger partial charge is 0.230 e. The van der Waals surface area contributed by atoms with Crippen LogP contribution in [-0.4, -0.2) is 36.0 Å². The quantitative estimate of drug-likeness (QED) is 0.764. The predicted octanol–water partition coefficient (Wildman–Crippen LogP) is 2.19. The van der Waals surface area contributed by atoms with Gasteiger partial charge in [0.15, 0.2) is 0 Å². The van der Waals surface area contributed by atoms with Gasteiger partial charge in [0.05, 0.1) is 5.41 Å². The molecule has 0 radical (unpaired) electrons. The maximum atomic E-state index is 12.7. The molecular weight excluding hydrogens is 212 g/mol. The molecule has 1 heterocycles. The number of carbonyl (C=O) groups is 1. The number of piperidine rings is 1. The summed E-state index contributed by atoms with van der Waals surface area (Å²) in [4.78, 5) is 14.6. The van der Waals surface area contributed by atoms with Gasteiger partial charge >= 0.3 is 0 Å². The molecule has 1 amide bonds. The Bertz CT molecular complexity index is 285. The van der Waals surface area contributed by atoms with Crippen LogP contribution in [-0.2, 0) is 4.79 Å². The van der Waals surface area contributed by atoms with E-state index in [9.17, 15) is 4.79 Å². The van der Waals surface area contributed by atoms with Crippen LogP contribution in [0.4, 0.5) is 0 Å². The highest BCUT2D eigenvalue weighted by Gasteiger charge is 2.40. The molecule has 0 aromatic carbocycles. The maximum absolute atomic E-state index is 12.7. The summed E-state index contributed by atoms with van der Waals surface area (Å²) in [5.74, 6) is 0.247. The van der Waals surface area contributed by atoms with Crippen molar-refractivity contribution in [3.63, 3.8) is 0 Å². The fourth-order valence-corrected chi connectivity index (χ4v) is 2.36. The Morgan fingerprint density at radius 2 is 2.18 bits per heavy atom. The summed E-state index contributed by atoms with van der Waals surface area (Å²) in [6.07, 6.45) is 3.86. The van der Waals surface area contributed by atoms with E-state index in [0.29, 0.717) is 6.54 Å². The van der Waals surface area contributed by atoms with Crippen LogP contribution < -0.4 is 5.32 Å². The van der Waals surface area contributed by atoms with E-state index in [1.807, 2.05) is 11.0 Å². The Kier molecular flexibility index (Phi) is 4.36. The Balaban J connectivity index is 2.86. The van der Waals surface area contributed by atoms with Crippen LogP contribution >= 0.6 is 0 Å². The Labute approximate surface area is 105 Å². The van der Waals surface area contributed by atoms with Gasteiger partial charge in [-0.05, 0) is 47.1 Å². The van der Waals surface area contributed by atoms with Gasteiger partial charge in [-0.25, -0.2) is 0 Å². The lowest BCUT2D eigenvalue weighted by atomic mass is 9.80. The van der Waals surface area contributed by atoms with Crippen LogP contribution in [0.15, 0.2) is 12.7 Å². The highest BCUT2D eigenvalue weighted by Crippen LogP contribution is 2.30. The van der Waals surface area contributed by atoms with E-state index < -0.39 is 0 Å². The molecule has 0 aromatic heterocycles. The molecule has 1 aliphatic heterocycles. The van der Waals surface area contributed by atoms with E-state index in [1.165, 1.54) is 0 Å². The predicted molar refractivity (Wildman–Crippen MR) is 71.9 cm³/mol. The summed E-state index contributed by atoms with van der Waals surface area (Å²) in [7, 11) is 0. The number of nitrogens with one attached hydrogen (secondary N) is 1. The molecule has 3 heteroatoms. The summed E-state index contributed by atoms with van der Waals surface area (Å²) in [5, 5.41) is 3.33. The Morgan fingerprint density at radius 1 is 1.53 bits per heavy atom. The van der Waals surface area contributed by atoms with Gasteiger partial charge in [0, 0.05) is 18.6 Å². The number of amides is 1. The summed E-state index contributed by atoms with van der Waals surface area (Å²) >= 11 is 0. The topological polar surface area (TPSA) is 32.3 Å². The van der Waals surface area contributed by atoms with Crippen molar-refractivity contribution in [2.75, 3.05) is 19.6 Å². The molecule has 3 nitrogen and oxygen atoms in total. The summed E-state index contributed by atoms with van der Waals surface area (Å²) < 4.78 is 0. The molecule has 0 saturated carbocycles. The van der Waals surface area contributed by atoms with Gasteiger partial charge in [-0.3, -0.25) is 4.79 Å². The number of rotatable bonds is 3. The molecule has 1 aliphatic rings. The van der Waals surface area contributed by atoms with E-state index >= 15 is 0 Å². The highest BCUT2D eigenvalue weighted by molar-refractivity contribution is 5.83. The average Bonchev–Trinajstić information content (AvgIpc) is 2.24. The van der Waals surface area contributed by atoms with Gasteiger partial charge in [-0.2, -0.15) is 0 Å². The Hall–Kier alpha value is -0.830. The average molecular weight is 238 g/mol. The lowest BCUT2D eigenvalue weighted by molar-refractivity contribution is -0.146. The fourth-order valence-electron chi connectivity index (χ4n) is 2.36. The second-order valence-corrected chi connectivity index (χ2v) is 6.22. The van der Waals surface area contributed by atoms with Gasteiger partial charge < -0.3 is 10.2 Å². The molecular formula is C14H26N2O. The van der Waals surface area contributed by atoms with Gasteiger partial charge in [-0.1, -0.05) is 6.08 Å². The van der Waals surface area contributed by atoms with Crippen molar-refractivity contribution >= 4 is 5.91 Å². The highest BCUT2D eigenvalue weighted by atomic mass is 16.2. The largest absolute Gasteiger partial charge is 0.334 e. The zero-order valence-electron chi connectivity index (χ0n) is 11.7. The van der Waals surface area contributed by atoms with Gasteiger partial charge in [0.2, 0.25) is 5.91 Å². The molecule has 98 valence electrons. The molecule has 1 rings (SSSR count). The van der Waals surface area contributed by atoms with Crippen molar-refractivity contribution in [2.45, 2.75) is 46.1 Å². The van der Waals surface area contributed by atoms with E-state index in [1.54, 1.807) is 0 Å². The van der Waals surface area contributed by atoms with Crippen LogP contribution in [0.25, 0.3) is 0 Å². The second-order valence-electron chi connectivity index (χ2n) is 6.22. The van der Waals surface area contributed by atoms with E-state index in [2.05, 4.69) is 39.6 Å². The van der Waals surface area contributed by atoms with Crippen LogP contribution in [0, 0.1) is 5.41 Å². The molecule has 0 aliphatic carbocycles. The first-order chi connectivity index (χ1) is 7.81. The lowest BCUT2D eigenvalue weighted by Gasteiger charge is -2.43. The molecule has 0 spiro atoms. The zero-order valence-corrected chi connectivity index (χ0v) is 11.7. The second kappa shape index (κ2) is 5.21.